The molecule has 0 radical (unpaired) electrons. The summed E-state index contributed by atoms with van der Waals surface area (Å²) in [6, 6.07) is 0. The molecule has 96 valence electrons. The predicted octanol–water partition coefficient (Wildman–Crippen LogP) is 1.92. The highest BCUT2D eigenvalue weighted by Gasteiger charge is 2.15. The largest absolute Gasteiger partial charge is 0.379 e. The number of unbranched alkanes of at least 4 members (excludes halogenated alkanes) is 3. The molecular weight excluding hydrogens is 252 g/mol. The monoisotopic (exact) mass is 270 g/mol. The van der Waals surface area contributed by atoms with Crippen molar-refractivity contribution >= 4 is 19.7 Å². The van der Waals surface area contributed by atoms with Gasteiger partial charge in [-0.2, -0.15) is 0 Å². The number of rotatable bonds is 8. The smallest absolute Gasteiger partial charge is 0.232 e. The molecule has 1 rings (SSSR count). The third-order valence-corrected chi connectivity index (χ3v) is 3.76. The summed E-state index contributed by atoms with van der Waals surface area (Å²) in [5, 5.41) is 0. The van der Waals surface area contributed by atoms with Gasteiger partial charge in [0.15, 0.2) is 0 Å². The second-order valence-electron chi connectivity index (χ2n) is 4.01. The van der Waals surface area contributed by atoms with E-state index in [4.69, 9.17) is 20.2 Å². The number of hydrogen-bond donors (Lipinski definition) is 0. The quantitative estimate of drug-likeness (QED) is 0.499. The number of halogens is 1. The van der Waals surface area contributed by atoms with E-state index in [2.05, 4.69) is 0 Å². The van der Waals surface area contributed by atoms with E-state index in [9.17, 15) is 8.42 Å². The van der Waals surface area contributed by atoms with Gasteiger partial charge in [-0.3, -0.25) is 0 Å². The van der Waals surface area contributed by atoms with Crippen LogP contribution in [0.4, 0.5) is 0 Å². The zero-order chi connectivity index (χ0) is 11.9. The molecule has 0 aromatic rings. The van der Waals surface area contributed by atoms with Crippen LogP contribution < -0.4 is 0 Å². The van der Waals surface area contributed by atoms with Crippen LogP contribution in [0.5, 0.6) is 0 Å². The topological polar surface area (TPSA) is 52.6 Å². The average Bonchev–Trinajstić information content (AvgIpc) is 2.67. The predicted molar refractivity (Wildman–Crippen MR) is 63.3 cm³/mol. The molecule has 0 aromatic heterocycles. The maximum absolute atomic E-state index is 10.6. The molecule has 1 heterocycles. The first-order valence-electron chi connectivity index (χ1n) is 5.69. The third kappa shape index (κ3) is 7.44. The van der Waals surface area contributed by atoms with Gasteiger partial charge in [-0.1, -0.05) is 12.8 Å². The van der Waals surface area contributed by atoms with Crippen LogP contribution in [0.3, 0.4) is 0 Å². The van der Waals surface area contributed by atoms with Crippen molar-refractivity contribution in [2.24, 2.45) is 0 Å². The maximum Gasteiger partial charge on any atom is 0.232 e. The molecule has 0 amide bonds. The molecule has 0 saturated carbocycles. The van der Waals surface area contributed by atoms with Gasteiger partial charge in [0, 0.05) is 23.9 Å². The minimum absolute atomic E-state index is 0.0753. The Morgan fingerprint density at radius 3 is 2.62 bits per heavy atom. The number of hydrogen-bond acceptors (Lipinski definition) is 4. The summed E-state index contributed by atoms with van der Waals surface area (Å²) in [6.45, 7) is 2.25. The first kappa shape index (κ1) is 14.2. The van der Waals surface area contributed by atoms with E-state index in [0.29, 0.717) is 13.0 Å². The van der Waals surface area contributed by atoms with Crippen molar-refractivity contribution in [2.75, 3.05) is 25.6 Å². The Hall–Kier alpha value is 0.160. The van der Waals surface area contributed by atoms with E-state index in [1.165, 1.54) is 0 Å². The molecule has 0 bridgehead atoms. The van der Waals surface area contributed by atoms with Gasteiger partial charge >= 0.3 is 0 Å². The second-order valence-corrected chi connectivity index (χ2v) is 6.91. The zero-order valence-electron chi connectivity index (χ0n) is 9.36. The SMILES string of the molecule is O=S(=O)(Cl)CCCCCCOC1CCOC1. The van der Waals surface area contributed by atoms with Gasteiger partial charge < -0.3 is 9.47 Å². The summed E-state index contributed by atoms with van der Waals surface area (Å²) in [7, 11) is 1.79. The normalized spacial score (nSPS) is 21.4. The molecule has 0 spiro atoms. The molecule has 1 fully saturated rings. The molecule has 4 nitrogen and oxygen atoms in total. The number of ether oxygens (including phenoxy) is 2. The molecular formula is C10H19ClO4S. The fourth-order valence-electron chi connectivity index (χ4n) is 1.62. The van der Waals surface area contributed by atoms with Crippen molar-refractivity contribution in [3.05, 3.63) is 0 Å². The minimum atomic E-state index is -3.31. The fourth-order valence-corrected chi connectivity index (χ4v) is 2.50. The lowest BCUT2D eigenvalue weighted by Gasteiger charge is -2.08. The van der Waals surface area contributed by atoms with E-state index in [1.54, 1.807) is 0 Å². The van der Waals surface area contributed by atoms with E-state index < -0.39 is 9.05 Å². The molecule has 0 N–H and O–H groups in total. The summed E-state index contributed by atoms with van der Waals surface area (Å²) in [5.41, 5.74) is 0. The lowest BCUT2D eigenvalue weighted by atomic mass is 10.2. The molecule has 1 saturated heterocycles. The lowest BCUT2D eigenvalue weighted by Crippen LogP contribution is -2.12. The van der Waals surface area contributed by atoms with Gasteiger partial charge in [0.1, 0.15) is 0 Å². The van der Waals surface area contributed by atoms with E-state index in [0.717, 1.165) is 38.9 Å². The van der Waals surface area contributed by atoms with Crippen LogP contribution in [0.1, 0.15) is 32.1 Å². The molecule has 0 aromatic carbocycles. The fraction of sp³-hybridized carbons (Fsp3) is 1.00. The summed E-state index contributed by atoms with van der Waals surface area (Å²) < 4.78 is 32.0. The molecule has 6 heteroatoms. The Bertz CT molecular complexity index is 273. The van der Waals surface area contributed by atoms with Crippen LogP contribution in [0.15, 0.2) is 0 Å². The lowest BCUT2D eigenvalue weighted by molar-refractivity contribution is 0.0406. The Kier molecular flexibility index (Phi) is 6.65. The van der Waals surface area contributed by atoms with Crippen LogP contribution in [-0.2, 0) is 18.5 Å². The first-order valence-corrected chi connectivity index (χ1v) is 8.17. The van der Waals surface area contributed by atoms with E-state index in [1.807, 2.05) is 0 Å². The maximum atomic E-state index is 10.6. The van der Waals surface area contributed by atoms with Crippen molar-refractivity contribution < 1.29 is 17.9 Å². The average molecular weight is 271 g/mol. The van der Waals surface area contributed by atoms with E-state index >= 15 is 0 Å². The summed E-state index contributed by atoms with van der Waals surface area (Å²) in [4.78, 5) is 0. The molecule has 1 unspecified atom stereocenters. The highest BCUT2D eigenvalue weighted by Crippen LogP contribution is 2.10. The Morgan fingerprint density at radius 2 is 2.00 bits per heavy atom. The molecule has 16 heavy (non-hydrogen) atoms. The van der Waals surface area contributed by atoms with Crippen LogP contribution in [0, 0.1) is 0 Å². The van der Waals surface area contributed by atoms with Crippen molar-refractivity contribution in [1.82, 2.24) is 0 Å². The van der Waals surface area contributed by atoms with Gasteiger partial charge in [-0.05, 0) is 19.3 Å². The molecule has 1 aliphatic rings. The van der Waals surface area contributed by atoms with Crippen molar-refractivity contribution in [1.29, 1.82) is 0 Å². The van der Waals surface area contributed by atoms with Crippen molar-refractivity contribution in [2.45, 2.75) is 38.2 Å². The second kappa shape index (κ2) is 7.48. The van der Waals surface area contributed by atoms with Gasteiger partial charge in [-0.25, -0.2) is 8.42 Å². The molecule has 1 aliphatic heterocycles. The Morgan fingerprint density at radius 1 is 1.25 bits per heavy atom. The van der Waals surface area contributed by atoms with Gasteiger partial charge in [-0.15, -0.1) is 0 Å². The van der Waals surface area contributed by atoms with Crippen LogP contribution >= 0.6 is 10.7 Å². The Labute approximate surface area is 102 Å². The van der Waals surface area contributed by atoms with Gasteiger partial charge in [0.2, 0.25) is 9.05 Å². The Balaban J connectivity index is 1.84. The van der Waals surface area contributed by atoms with Crippen molar-refractivity contribution in [3.8, 4) is 0 Å². The minimum Gasteiger partial charge on any atom is -0.379 e. The zero-order valence-corrected chi connectivity index (χ0v) is 10.9. The standard InChI is InChI=1S/C10H19ClO4S/c11-16(12,13)8-4-2-1-3-6-15-10-5-7-14-9-10/h10H,1-9H2. The van der Waals surface area contributed by atoms with Gasteiger partial charge in [0.05, 0.1) is 18.5 Å². The van der Waals surface area contributed by atoms with Gasteiger partial charge in [0.25, 0.3) is 0 Å². The first-order chi connectivity index (χ1) is 7.58. The van der Waals surface area contributed by atoms with Crippen LogP contribution in [0.2, 0.25) is 0 Å². The van der Waals surface area contributed by atoms with Crippen LogP contribution in [-0.4, -0.2) is 40.1 Å². The summed E-state index contributed by atoms with van der Waals surface area (Å²) in [5.74, 6) is 0.0753. The molecule has 1 atom stereocenters. The summed E-state index contributed by atoms with van der Waals surface area (Å²) >= 11 is 0. The summed E-state index contributed by atoms with van der Waals surface area (Å²) in [6.07, 6.45) is 4.74. The third-order valence-electron chi connectivity index (χ3n) is 2.52. The van der Waals surface area contributed by atoms with Crippen molar-refractivity contribution in [3.63, 3.8) is 0 Å². The highest BCUT2D eigenvalue weighted by molar-refractivity contribution is 8.13. The van der Waals surface area contributed by atoms with E-state index in [-0.39, 0.29) is 11.9 Å². The highest BCUT2D eigenvalue weighted by atomic mass is 35.7. The van der Waals surface area contributed by atoms with Crippen LogP contribution in [0.25, 0.3) is 0 Å². The molecule has 0 aliphatic carbocycles.